The van der Waals surface area contributed by atoms with E-state index in [4.69, 9.17) is 0 Å². The largest absolute Gasteiger partial charge is 0.299 e. The van der Waals surface area contributed by atoms with E-state index in [2.05, 4.69) is 9.88 Å². The van der Waals surface area contributed by atoms with Crippen LogP contribution in [-0.4, -0.2) is 33.1 Å². The predicted octanol–water partition coefficient (Wildman–Crippen LogP) is 3.89. The van der Waals surface area contributed by atoms with Crippen LogP contribution in [0.5, 0.6) is 0 Å². The van der Waals surface area contributed by atoms with Crippen LogP contribution in [0.15, 0.2) is 29.3 Å². The second kappa shape index (κ2) is 7.28. The van der Waals surface area contributed by atoms with Gasteiger partial charge in [-0.05, 0) is 57.7 Å². The minimum atomic E-state index is 0.108. The maximum atomic E-state index is 12.8. The molecule has 134 valence electrons. The van der Waals surface area contributed by atoms with Crippen molar-refractivity contribution in [2.45, 2.75) is 76.9 Å². The summed E-state index contributed by atoms with van der Waals surface area (Å²) in [5.74, 6) is 0. The summed E-state index contributed by atoms with van der Waals surface area (Å²) >= 11 is 0. The maximum absolute atomic E-state index is 12.8. The van der Waals surface area contributed by atoms with Gasteiger partial charge < -0.3 is 0 Å². The highest BCUT2D eigenvalue weighted by atomic mass is 16.1. The van der Waals surface area contributed by atoms with Crippen LogP contribution < -0.4 is 5.56 Å². The Labute approximate surface area is 149 Å². The first-order valence-corrected chi connectivity index (χ1v) is 9.94. The van der Waals surface area contributed by atoms with E-state index in [9.17, 15) is 4.79 Å². The lowest BCUT2D eigenvalue weighted by Gasteiger charge is -2.40. The van der Waals surface area contributed by atoms with Crippen LogP contribution in [-0.2, 0) is 6.54 Å². The Morgan fingerprint density at radius 3 is 2.76 bits per heavy atom. The zero-order valence-electron chi connectivity index (χ0n) is 15.3. The smallest absolute Gasteiger partial charge is 0.261 e. The molecule has 0 radical (unpaired) electrons. The topological polar surface area (TPSA) is 38.1 Å². The number of aromatic nitrogens is 2. The number of benzene rings is 1. The minimum absolute atomic E-state index is 0.108. The molecule has 25 heavy (non-hydrogen) atoms. The van der Waals surface area contributed by atoms with E-state index in [0.717, 1.165) is 35.5 Å². The van der Waals surface area contributed by atoms with E-state index in [1.165, 1.54) is 51.5 Å². The molecule has 2 fully saturated rings. The molecule has 1 aliphatic carbocycles. The van der Waals surface area contributed by atoms with Crippen LogP contribution in [0.2, 0.25) is 0 Å². The van der Waals surface area contributed by atoms with E-state index >= 15 is 0 Å². The fraction of sp³-hybridized carbons (Fsp3) is 0.619. The Hall–Kier alpha value is -1.68. The summed E-state index contributed by atoms with van der Waals surface area (Å²) in [6, 6.07) is 7.35. The van der Waals surface area contributed by atoms with Crippen molar-refractivity contribution in [3.63, 3.8) is 0 Å². The van der Waals surface area contributed by atoms with Crippen LogP contribution >= 0.6 is 0 Å². The number of hydrogen-bond donors (Lipinski definition) is 0. The minimum Gasteiger partial charge on any atom is -0.299 e. The summed E-state index contributed by atoms with van der Waals surface area (Å²) in [5, 5.41) is 0.749. The Balaban J connectivity index is 1.51. The summed E-state index contributed by atoms with van der Waals surface area (Å²) in [6.07, 6.45) is 12.3. The molecule has 1 atom stereocenters. The fourth-order valence-corrected chi connectivity index (χ4v) is 4.77. The van der Waals surface area contributed by atoms with Gasteiger partial charge in [-0.3, -0.25) is 14.3 Å². The third kappa shape index (κ3) is 3.50. The number of piperidine rings is 1. The Bertz CT molecular complexity index is 791. The third-order valence-electron chi connectivity index (χ3n) is 6.15. The standard InChI is InChI=1S/C21H29N3O/c1-16-9-10-20-19(14-16)21(25)23(15-22-20)13-11-18-8-4-5-12-24(18)17-6-2-3-7-17/h9-10,14-15,17-18H,2-8,11-13H2,1H3. The summed E-state index contributed by atoms with van der Waals surface area (Å²) in [5.41, 5.74) is 2.03. The highest BCUT2D eigenvalue weighted by molar-refractivity contribution is 5.77. The molecular formula is C21H29N3O. The van der Waals surface area contributed by atoms with Crippen molar-refractivity contribution in [3.8, 4) is 0 Å². The van der Waals surface area contributed by atoms with E-state index in [1.807, 2.05) is 29.7 Å². The zero-order chi connectivity index (χ0) is 17.2. The first kappa shape index (κ1) is 16.8. The van der Waals surface area contributed by atoms with E-state index in [0.29, 0.717) is 6.04 Å². The molecule has 2 heterocycles. The molecule has 1 unspecified atom stereocenters. The van der Waals surface area contributed by atoms with Crippen LogP contribution in [0, 0.1) is 6.92 Å². The van der Waals surface area contributed by atoms with E-state index < -0.39 is 0 Å². The first-order chi connectivity index (χ1) is 12.2. The van der Waals surface area contributed by atoms with Gasteiger partial charge in [0.25, 0.3) is 5.56 Å². The van der Waals surface area contributed by atoms with Gasteiger partial charge in [-0.15, -0.1) is 0 Å². The van der Waals surface area contributed by atoms with Gasteiger partial charge in [0.05, 0.1) is 17.2 Å². The summed E-state index contributed by atoms with van der Waals surface area (Å²) in [6.45, 7) is 4.06. The fourth-order valence-electron chi connectivity index (χ4n) is 4.77. The van der Waals surface area contributed by atoms with Crippen molar-refractivity contribution in [3.05, 3.63) is 40.4 Å². The summed E-state index contributed by atoms with van der Waals surface area (Å²) in [7, 11) is 0. The molecule has 0 bridgehead atoms. The third-order valence-corrected chi connectivity index (χ3v) is 6.15. The molecule has 0 N–H and O–H groups in total. The lowest BCUT2D eigenvalue weighted by Crippen LogP contribution is -2.45. The molecule has 4 heteroatoms. The maximum Gasteiger partial charge on any atom is 0.261 e. The molecule has 1 saturated heterocycles. The van der Waals surface area contributed by atoms with Crippen LogP contribution in [0.25, 0.3) is 10.9 Å². The highest BCUT2D eigenvalue weighted by Crippen LogP contribution is 2.30. The van der Waals surface area contributed by atoms with Gasteiger partial charge >= 0.3 is 0 Å². The SMILES string of the molecule is Cc1ccc2ncn(CCC3CCCCN3C3CCCC3)c(=O)c2c1. The van der Waals surface area contributed by atoms with Crippen molar-refractivity contribution in [2.24, 2.45) is 0 Å². The second-order valence-corrected chi connectivity index (χ2v) is 7.88. The summed E-state index contributed by atoms with van der Waals surface area (Å²) in [4.78, 5) is 20.1. The molecule has 4 rings (SSSR count). The van der Waals surface area contributed by atoms with Gasteiger partial charge in [-0.25, -0.2) is 4.98 Å². The van der Waals surface area contributed by atoms with Gasteiger partial charge in [0.2, 0.25) is 0 Å². The van der Waals surface area contributed by atoms with Crippen molar-refractivity contribution in [2.75, 3.05) is 6.54 Å². The molecule has 1 aliphatic heterocycles. The number of hydrogen-bond acceptors (Lipinski definition) is 3. The van der Waals surface area contributed by atoms with Crippen molar-refractivity contribution in [1.29, 1.82) is 0 Å². The molecule has 0 amide bonds. The Morgan fingerprint density at radius 1 is 1.12 bits per heavy atom. The van der Waals surface area contributed by atoms with Crippen LogP contribution in [0.1, 0.15) is 56.9 Å². The lowest BCUT2D eigenvalue weighted by atomic mass is 9.96. The molecule has 0 spiro atoms. The number of fused-ring (bicyclic) bond motifs is 1. The highest BCUT2D eigenvalue weighted by Gasteiger charge is 2.30. The predicted molar refractivity (Wildman–Crippen MR) is 102 cm³/mol. The average Bonchev–Trinajstić information content (AvgIpc) is 3.16. The molecular weight excluding hydrogens is 310 g/mol. The molecule has 1 aromatic carbocycles. The Kier molecular flexibility index (Phi) is 4.89. The van der Waals surface area contributed by atoms with Crippen LogP contribution in [0.3, 0.4) is 0 Å². The van der Waals surface area contributed by atoms with Gasteiger partial charge in [0.1, 0.15) is 0 Å². The molecule has 4 nitrogen and oxygen atoms in total. The number of likely N-dealkylation sites (tertiary alicyclic amines) is 1. The molecule has 2 aliphatic rings. The monoisotopic (exact) mass is 339 g/mol. The van der Waals surface area contributed by atoms with Crippen molar-refractivity contribution in [1.82, 2.24) is 14.5 Å². The van der Waals surface area contributed by atoms with Crippen molar-refractivity contribution >= 4 is 10.9 Å². The van der Waals surface area contributed by atoms with Gasteiger partial charge in [-0.2, -0.15) is 0 Å². The van der Waals surface area contributed by atoms with E-state index in [1.54, 1.807) is 6.33 Å². The quantitative estimate of drug-likeness (QED) is 0.848. The zero-order valence-corrected chi connectivity index (χ0v) is 15.3. The Morgan fingerprint density at radius 2 is 1.92 bits per heavy atom. The normalized spacial score (nSPS) is 22.7. The number of aryl methyl sites for hydroxylation is 2. The molecule has 1 aromatic heterocycles. The lowest BCUT2D eigenvalue weighted by molar-refractivity contribution is 0.0880. The second-order valence-electron chi connectivity index (χ2n) is 7.88. The van der Waals surface area contributed by atoms with Crippen molar-refractivity contribution < 1.29 is 0 Å². The van der Waals surface area contributed by atoms with Crippen LogP contribution in [0.4, 0.5) is 0 Å². The average molecular weight is 339 g/mol. The summed E-state index contributed by atoms with van der Waals surface area (Å²) < 4.78 is 1.82. The molecule has 1 saturated carbocycles. The number of nitrogens with zero attached hydrogens (tertiary/aromatic N) is 3. The van der Waals surface area contributed by atoms with Gasteiger partial charge in [0.15, 0.2) is 0 Å². The van der Waals surface area contributed by atoms with Gasteiger partial charge in [0, 0.05) is 18.6 Å². The van der Waals surface area contributed by atoms with Gasteiger partial charge in [-0.1, -0.05) is 30.9 Å². The number of rotatable bonds is 4. The first-order valence-electron chi connectivity index (χ1n) is 9.94. The van der Waals surface area contributed by atoms with E-state index in [-0.39, 0.29) is 5.56 Å². The molecule has 2 aromatic rings.